The highest BCUT2D eigenvalue weighted by atomic mass is 16.3. The van der Waals surface area contributed by atoms with E-state index in [1.54, 1.807) is 0 Å². The molecule has 1 atom stereocenters. The summed E-state index contributed by atoms with van der Waals surface area (Å²) in [6, 6.07) is 3.80. The number of hydrogen-bond acceptors (Lipinski definition) is 4. The number of rotatable bonds is 5. The van der Waals surface area contributed by atoms with E-state index in [2.05, 4.69) is 15.5 Å². The van der Waals surface area contributed by atoms with Gasteiger partial charge in [0.2, 0.25) is 0 Å². The van der Waals surface area contributed by atoms with Crippen molar-refractivity contribution in [2.75, 3.05) is 11.9 Å². The van der Waals surface area contributed by atoms with E-state index in [1.807, 2.05) is 26.0 Å². The molecule has 0 amide bonds. The van der Waals surface area contributed by atoms with Crippen LogP contribution in [0.3, 0.4) is 0 Å². The smallest absolute Gasteiger partial charge is 0.148 e. The van der Waals surface area contributed by atoms with Crippen LogP contribution in [0, 0.1) is 6.92 Å². The van der Waals surface area contributed by atoms with Crippen LogP contribution in [0.4, 0.5) is 5.82 Å². The molecule has 2 N–H and O–H groups in total. The van der Waals surface area contributed by atoms with E-state index >= 15 is 0 Å². The van der Waals surface area contributed by atoms with Crippen LogP contribution in [0.5, 0.6) is 0 Å². The fourth-order valence-corrected chi connectivity index (χ4v) is 1.06. The molecule has 0 aromatic carbocycles. The zero-order valence-electron chi connectivity index (χ0n) is 8.70. The summed E-state index contributed by atoms with van der Waals surface area (Å²) in [6.45, 7) is 4.60. The maximum Gasteiger partial charge on any atom is 0.148 e. The Hall–Kier alpha value is -1.16. The Labute approximate surface area is 84.4 Å². The molecule has 0 aliphatic carbocycles. The monoisotopic (exact) mass is 195 g/mol. The summed E-state index contributed by atoms with van der Waals surface area (Å²) in [4.78, 5) is 0. The van der Waals surface area contributed by atoms with E-state index < -0.39 is 0 Å². The third-order valence-electron chi connectivity index (χ3n) is 2.05. The SMILES string of the molecule is CCC(O)CCNc1ccc(C)nn1. The van der Waals surface area contributed by atoms with E-state index in [4.69, 9.17) is 0 Å². The lowest BCUT2D eigenvalue weighted by Gasteiger charge is -2.08. The van der Waals surface area contributed by atoms with E-state index in [0.29, 0.717) is 0 Å². The molecule has 0 saturated carbocycles. The quantitative estimate of drug-likeness (QED) is 0.744. The van der Waals surface area contributed by atoms with Crippen LogP contribution in [0.25, 0.3) is 0 Å². The summed E-state index contributed by atoms with van der Waals surface area (Å²) in [5.74, 6) is 0.763. The van der Waals surface area contributed by atoms with E-state index in [1.165, 1.54) is 0 Å². The van der Waals surface area contributed by atoms with Crippen LogP contribution < -0.4 is 5.32 Å². The zero-order chi connectivity index (χ0) is 10.4. The van der Waals surface area contributed by atoms with Gasteiger partial charge >= 0.3 is 0 Å². The average molecular weight is 195 g/mol. The van der Waals surface area contributed by atoms with Crippen LogP contribution in [0.1, 0.15) is 25.5 Å². The Morgan fingerprint density at radius 1 is 1.43 bits per heavy atom. The highest BCUT2D eigenvalue weighted by Gasteiger charge is 2.00. The third kappa shape index (κ3) is 3.70. The summed E-state index contributed by atoms with van der Waals surface area (Å²) in [6.07, 6.45) is 1.31. The molecule has 0 radical (unpaired) electrons. The lowest BCUT2D eigenvalue weighted by molar-refractivity contribution is 0.164. The summed E-state index contributed by atoms with van der Waals surface area (Å²) >= 11 is 0. The summed E-state index contributed by atoms with van der Waals surface area (Å²) < 4.78 is 0. The van der Waals surface area contributed by atoms with Gasteiger partial charge in [-0.15, -0.1) is 5.10 Å². The molecule has 4 heteroatoms. The number of aliphatic hydroxyl groups is 1. The molecule has 78 valence electrons. The molecule has 0 saturated heterocycles. The summed E-state index contributed by atoms with van der Waals surface area (Å²) in [5.41, 5.74) is 0.907. The van der Waals surface area contributed by atoms with Crippen molar-refractivity contribution in [3.05, 3.63) is 17.8 Å². The van der Waals surface area contributed by atoms with Crippen molar-refractivity contribution in [3.8, 4) is 0 Å². The van der Waals surface area contributed by atoms with Gasteiger partial charge in [-0.1, -0.05) is 6.92 Å². The largest absolute Gasteiger partial charge is 0.393 e. The van der Waals surface area contributed by atoms with Crippen molar-refractivity contribution in [2.24, 2.45) is 0 Å². The standard InChI is InChI=1S/C10H17N3O/c1-3-9(14)6-7-11-10-5-4-8(2)12-13-10/h4-5,9,14H,3,6-7H2,1-2H3,(H,11,13). The van der Waals surface area contributed by atoms with Crippen molar-refractivity contribution >= 4 is 5.82 Å². The van der Waals surface area contributed by atoms with Crippen molar-refractivity contribution < 1.29 is 5.11 Å². The van der Waals surface area contributed by atoms with Crippen molar-refractivity contribution in [1.29, 1.82) is 0 Å². The molecule has 1 rings (SSSR count). The van der Waals surface area contributed by atoms with E-state index in [-0.39, 0.29) is 6.10 Å². The third-order valence-corrected chi connectivity index (χ3v) is 2.05. The maximum absolute atomic E-state index is 9.30. The van der Waals surface area contributed by atoms with Gasteiger partial charge in [0, 0.05) is 6.54 Å². The van der Waals surface area contributed by atoms with E-state index in [9.17, 15) is 5.11 Å². The zero-order valence-corrected chi connectivity index (χ0v) is 8.70. The normalized spacial score (nSPS) is 12.5. The lowest BCUT2D eigenvalue weighted by Crippen LogP contribution is -2.13. The maximum atomic E-state index is 9.30. The fraction of sp³-hybridized carbons (Fsp3) is 0.600. The van der Waals surface area contributed by atoms with Crippen LogP contribution >= 0.6 is 0 Å². The molecule has 14 heavy (non-hydrogen) atoms. The Kier molecular flexibility index (Phi) is 4.32. The molecule has 4 nitrogen and oxygen atoms in total. The molecular weight excluding hydrogens is 178 g/mol. The molecule has 1 aromatic heterocycles. The first-order valence-electron chi connectivity index (χ1n) is 4.94. The van der Waals surface area contributed by atoms with Gasteiger partial charge in [-0.3, -0.25) is 0 Å². The van der Waals surface area contributed by atoms with Gasteiger partial charge in [-0.2, -0.15) is 5.10 Å². The molecule has 0 aliphatic rings. The minimum atomic E-state index is -0.221. The number of anilines is 1. The Balaban J connectivity index is 2.28. The summed E-state index contributed by atoms with van der Waals surface area (Å²) in [5, 5.41) is 20.3. The first-order chi connectivity index (χ1) is 6.72. The molecule has 0 bridgehead atoms. The van der Waals surface area contributed by atoms with Crippen LogP contribution in [0.2, 0.25) is 0 Å². The molecule has 1 heterocycles. The fourth-order valence-electron chi connectivity index (χ4n) is 1.06. The molecule has 0 aliphatic heterocycles. The van der Waals surface area contributed by atoms with Gasteiger partial charge in [-0.05, 0) is 31.9 Å². The minimum absolute atomic E-state index is 0.221. The van der Waals surface area contributed by atoms with Crippen LogP contribution in [0.15, 0.2) is 12.1 Å². The topological polar surface area (TPSA) is 58.0 Å². The minimum Gasteiger partial charge on any atom is -0.393 e. The molecule has 0 spiro atoms. The molecule has 0 fully saturated rings. The molecular formula is C10H17N3O. The highest BCUT2D eigenvalue weighted by Crippen LogP contribution is 2.02. The average Bonchev–Trinajstić information content (AvgIpc) is 2.21. The van der Waals surface area contributed by atoms with Crippen molar-refractivity contribution in [1.82, 2.24) is 10.2 Å². The number of aliphatic hydroxyl groups excluding tert-OH is 1. The number of hydrogen-bond donors (Lipinski definition) is 2. The van der Waals surface area contributed by atoms with Gasteiger partial charge in [0.1, 0.15) is 5.82 Å². The second-order valence-corrected chi connectivity index (χ2v) is 3.34. The van der Waals surface area contributed by atoms with Crippen LogP contribution in [-0.4, -0.2) is 28.0 Å². The highest BCUT2D eigenvalue weighted by molar-refractivity contribution is 5.32. The van der Waals surface area contributed by atoms with Gasteiger partial charge in [-0.25, -0.2) is 0 Å². The number of nitrogens with one attached hydrogen (secondary N) is 1. The van der Waals surface area contributed by atoms with Crippen LogP contribution in [-0.2, 0) is 0 Å². The number of aryl methyl sites for hydroxylation is 1. The Morgan fingerprint density at radius 3 is 2.79 bits per heavy atom. The predicted octanol–water partition coefficient (Wildman–Crippen LogP) is 1.36. The molecule has 1 aromatic rings. The van der Waals surface area contributed by atoms with Crippen molar-refractivity contribution in [2.45, 2.75) is 32.8 Å². The van der Waals surface area contributed by atoms with Gasteiger partial charge in [0.05, 0.1) is 11.8 Å². The van der Waals surface area contributed by atoms with Gasteiger partial charge in [0.25, 0.3) is 0 Å². The Bertz CT molecular complexity index is 261. The lowest BCUT2D eigenvalue weighted by atomic mass is 10.2. The summed E-state index contributed by atoms with van der Waals surface area (Å²) in [7, 11) is 0. The second kappa shape index (κ2) is 5.54. The second-order valence-electron chi connectivity index (χ2n) is 3.34. The Morgan fingerprint density at radius 2 is 2.21 bits per heavy atom. The van der Waals surface area contributed by atoms with Crippen molar-refractivity contribution in [3.63, 3.8) is 0 Å². The first-order valence-corrected chi connectivity index (χ1v) is 4.94. The number of nitrogens with zero attached hydrogens (tertiary/aromatic N) is 2. The number of aromatic nitrogens is 2. The molecule has 1 unspecified atom stereocenters. The van der Waals surface area contributed by atoms with Gasteiger partial charge in [0.15, 0.2) is 0 Å². The predicted molar refractivity (Wildman–Crippen MR) is 56.2 cm³/mol. The van der Waals surface area contributed by atoms with Gasteiger partial charge < -0.3 is 10.4 Å². The first kappa shape index (κ1) is 10.9. The van der Waals surface area contributed by atoms with E-state index in [0.717, 1.165) is 30.9 Å².